The van der Waals surface area contributed by atoms with Crippen LogP contribution in [0.15, 0.2) is 60.7 Å². The predicted molar refractivity (Wildman–Crippen MR) is 63.8 cm³/mol. The second-order valence-electron chi connectivity index (χ2n) is 2.89. The van der Waals surface area contributed by atoms with E-state index in [2.05, 4.69) is 0 Å². The Labute approximate surface area is 162 Å². The average molecular weight is 313 g/mol. The van der Waals surface area contributed by atoms with E-state index in [0.717, 1.165) is 0 Å². The summed E-state index contributed by atoms with van der Waals surface area (Å²) in [5, 5.41) is 17.3. The second-order valence-corrected chi connectivity index (χ2v) is 3.34. The van der Waals surface area contributed by atoms with E-state index in [0.29, 0.717) is 11.5 Å². The molecule has 2 N–H and O–H groups in total. The van der Waals surface area contributed by atoms with Gasteiger partial charge in [0.05, 0.1) is 0 Å². The van der Waals surface area contributed by atoms with Crippen LogP contribution >= 0.6 is 8.25 Å². The third-order valence-electron chi connectivity index (χ3n) is 1.51. The first kappa shape index (κ1) is 25.0. The number of phenolic OH excluding ortho intramolecular Hbond substituents is 2. The average Bonchev–Trinajstić information content (AvgIpc) is 2.31. The smallest absolute Gasteiger partial charge is 0.598 e. The van der Waals surface area contributed by atoms with Crippen molar-refractivity contribution in [2.24, 2.45) is 0 Å². The van der Waals surface area contributed by atoms with Gasteiger partial charge in [0, 0.05) is 0 Å². The van der Waals surface area contributed by atoms with Crippen LogP contribution in [0.3, 0.4) is 0 Å². The van der Waals surface area contributed by atoms with Gasteiger partial charge in [0.1, 0.15) is 11.5 Å². The molecular weight excluding hydrogens is 301 g/mol. The van der Waals surface area contributed by atoms with E-state index in [-0.39, 0.29) is 59.1 Å². The summed E-state index contributed by atoms with van der Waals surface area (Å²) in [6.07, 6.45) is 0. The normalized spacial score (nSPS) is 7.30. The fraction of sp³-hybridized carbons (Fsp3) is 0. The van der Waals surface area contributed by atoms with Crippen molar-refractivity contribution in [1.82, 2.24) is 0 Å². The molecule has 2 aromatic carbocycles. The van der Waals surface area contributed by atoms with E-state index in [1.54, 1.807) is 48.5 Å². The van der Waals surface area contributed by atoms with E-state index >= 15 is 0 Å². The van der Waals surface area contributed by atoms with Gasteiger partial charge in [0.15, 0.2) is 0 Å². The van der Waals surface area contributed by atoms with E-state index in [1.807, 2.05) is 12.1 Å². The van der Waals surface area contributed by atoms with E-state index in [1.165, 1.54) is 0 Å². The summed E-state index contributed by atoms with van der Waals surface area (Å²) in [5.41, 5.74) is 0. The van der Waals surface area contributed by atoms with Crippen LogP contribution in [0.25, 0.3) is 0 Å². The second kappa shape index (κ2) is 17.1. The van der Waals surface area contributed by atoms with Gasteiger partial charge in [-0.25, -0.2) is 0 Å². The number of hydrogen-bond acceptors (Lipinski definition) is 5. The zero-order valence-electron chi connectivity index (χ0n) is 11.3. The number of aromatic hydroxyl groups is 2. The SMILES string of the molecule is O=[P+]([O-])[O-].Oc1ccccc1.Oc1ccccc1.[Na+].[Na+]. The van der Waals surface area contributed by atoms with Gasteiger partial charge >= 0.3 is 59.1 Å². The minimum absolute atomic E-state index is 0. The van der Waals surface area contributed by atoms with Crippen molar-refractivity contribution in [3.63, 3.8) is 0 Å². The summed E-state index contributed by atoms with van der Waals surface area (Å²) in [4.78, 5) is 17.0. The summed E-state index contributed by atoms with van der Waals surface area (Å²) in [6.45, 7) is 0. The fourth-order valence-corrected chi connectivity index (χ4v) is 0.856. The van der Waals surface area contributed by atoms with Crippen LogP contribution in [-0.4, -0.2) is 10.2 Å². The monoisotopic (exact) mass is 313 g/mol. The third kappa shape index (κ3) is 20.4. The maximum absolute atomic E-state index is 8.63. The zero-order chi connectivity index (χ0) is 13.8. The molecule has 0 saturated carbocycles. The molecule has 2 rings (SSSR count). The Balaban J connectivity index is -0.000000215. The molecule has 2 aromatic rings. The molecular formula is C12H12Na2O5P+. The van der Waals surface area contributed by atoms with Crippen LogP contribution < -0.4 is 68.9 Å². The maximum Gasteiger partial charge on any atom is 1.00 e. The van der Waals surface area contributed by atoms with Crippen molar-refractivity contribution in [2.45, 2.75) is 0 Å². The van der Waals surface area contributed by atoms with Crippen LogP contribution in [0.4, 0.5) is 0 Å². The summed E-state index contributed by atoms with van der Waals surface area (Å²) in [5.74, 6) is 0.644. The van der Waals surface area contributed by atoms with Crippen molar-refractivity contribution in [3.05, 3.63) is 60.7 Å². The number of benzene rings is 2. The molecule has 0 amide bonds. The first-order chi connectivity index (χ1) is 8.52. The fourth-order valence-electron chi connectivity index (χ4n) is 0.856. The molecule has 96 valence electrons. The minimum Gasteiger partial charge on any atom is -0.598 e. The molecule has 0 saturated heterocycles. The van der Waals surface area contributed by atoms with Crippen molar-refractivity contribution in [2.75, 3.05) is 0 Å². The first-order valence-electron chi connectivity index (χ1n) is 4.82. The summed E-state index contributed by atoms with van der Waals surface area (Å²) in [7, 11) is -3.37. The Morgan fingerprint density at radius 2 is 0.900 bits per heavy atom. The molecule has 0 spiro atoms. The van der Waals surface area contributed by atoms with Crippen LogP contribution in [0.1, 0.15) is 0 Å². The Morgan fingerprint density at radius 1 is 0.700 bits per heavy atom. The molecule has 5 nitrogen and oxygen atoms in total. The van der Waals surface area contributed by atoms with Gasteiger partial charge in [-0.2, -0.15) is 0 Å². The van der Waals surface area contributed by atoms with Gasteiger partial charge in [-0.3, -0.25) is 0 Å². The number of rotatable bonds is 0. The van der Waals surface area contributed by atoms with Crippen LogP contribution in [0.2, 0.25) is 0 Å². The molecule has 0 fully saturated rings. The number of phenols is 2. The summed E-state index contributed by atoms with van der Waals surface area (Å²) in [6, 6.07) is 17.4. The molecule has 0 unspecified atom stereocenters. The van der Waals surface area contributed by atoms with Gasteiger partial charge < -0.3 is 20.0 Å². The van der Waals surface area contributed by atoms with Crippen LogP contribution in [0.5, 0.6) is 11.5 Å². The van der Waals surface area contributed by atoms with Gasteiger partial charge in [-0.15, -0.1) is 0 Å². The van der Waals surface area contributed by atoms with E-state index in [4.69, 9.17) is 24.6 Å². The molecule has 0 aromatic heterocycles. The van der Waals surface area contributed by atoms with Gasteiger partial charge in [0.2, 0.25) is 0 Å². The Morgan fingerprint density at radius 3 is 1.00 bits per heavy atom. The molecule has 0 radical (unpaired) electrons. The van der Waals surface area contributed by atoms with Gasteiger partial charge in [-0.1, -0.05) is 41.0 Å². The van der Waals surface area contributed by atoms with Crippen molar-refractivity contribution in [3.8, 4) is 11.5 Å². The molecule has 0 aliphatic heterocycles. The van der Waals surface area contributed by atoms with Crippen molar-refractivity contribution < 1.29 is 83.7 Å². The quantitative estimate of drug-likeness (QED) is 0.375. The Kier molecular flexibility index (Phi) is 21.4. The molecule has 0 heterocycles. The maximum atomic E-state index is 8.63. The molecule has 8 heteroatoms. The Bertz CT molecular complexity index is 401. The zero-order valence-corrected chi connectivity index (χ0v) is 16.2. The molecule has 0 aliphatic rings. The molecule has 20 heavy (non-hydrogen) atoms. The largest absolute Gasteiger partial charge is 1.00 e. The van der Waals surface area contributed by atoms with Crippen molar-refractivity contribution >= 4 is 8.25 Å². The Hall–Kier alpha value is 0.0600. The number of para-hydroxylation sites is 2. The van der Waals surface area contributed by atoms with Gasteiger partial charge in [0.25, 0.3) is 8.25 Å². The van der Waals surface area contributed by atoms with Crippen molar-refractivity contribution in [1.29, 1.82) is 0 Å². The molecule has 0 bridgehead atoms. The first-order valence-corrected chi connectivity index (χ1v) is 5.91. The van der Waals surface area contributed by atoms with Crippen LogP contribution in [-0.2, 0) is 4.57 Å². The summed E-state index contributed by atoms with van der Waals surface area (Å²) < 4.78 is 8.48. The standard InChI is InChI=1S/2C6H6O.2Na.HO3P/c2*7-6-4-2-1-3-5-6;;;1-4(2)3/h2*1-5,7H;;;(H,1,2,3)/q;;2*+1;/p-1. The topological polar surface area (TPSA) is 104 Å². The van der Waals surface area contributed by atoms with E-state index in [9.17, 15) is 0 Å². The van der Waals surface area contributed by atoms with Gasteiger partial charge in [-0.05, 0) is 24.3 Å². The van der Waals surface area contributed by atoms with E-state index < -0.39 is 8.25 Å². The predicted octanol–water partition coefficient (Wildman–Crippen LogP) is -4.84. The third-order valence-corrected chi connectivity index (χ3v) is 1.51. The molecule has 0 atom stereocenters. The van der Waals surface area contributed by atoms with Crippen LogP contribution in [0, 0.1) is 0 Å². The minimum atomic E-state index is -3.37. The summed E-state index contributed by atoms with van der Waals surface area (Å²) >= 11 is 0. The molecule has 0 aliphatic carbocycles. The number of hydrogen-bond donors (Lipinski definition) is 2.